The van der Waals surface area contributed by atoms with Gasteiger partial charge >= 0.3 is 0 Å². The molecule has 0 bridgehead atoms. The van der Waals surface area contributed by atoms with Crippen LogP contribution in [0, 0.1) is 6.92 Å². The van der Waals surface area contributed by atoms with Crippen molar-refractivity contribution in [2.45, 2.75) is 31.9 Å². The van der Waals surface area contributed by atoms with Crippen molar-refractivity contribution in [3.63, 3.8) is 0 Å². The standard InChI is InChI=1S/C14H18N4O/c1-9-3-5-10(6-4-9)11-7-8-12(19-2)13-16-14(15)17-18(11)13/h3-6,11-12H,7-8H2,1-2H3,(H2,15,17). The van der Waals surface area contributed by atoms with Gasteiger partial charge in [0.25, 0.3) is 0 Å². The lowest BCUT2D eigenvalue weighted by molar-refractivity contribution is 0.0649. The molecule has 2 heterocycles. The monoisotopic (exact) mass is 258 g/mol. The highest BCUT2D eigenvalue weighted by molar-refractivity contribution is 5.27. The van der Waals surface area contributed by atoms with Crippen molar-refractivity contribution in [3.05, 3.63) is 41.2 Å². The number of nitrogens with two attached hydrogens (primary N) is 1. The number of aromatic nitrogens is 3. The van der Waals surface area contributed by atoms with Gasteiger partial charge in [-0.3, -0.25) is 0 Å². The Balaban J connectivity index is 2.02. The number of nitrogen functional groups attached to an aromatic ring is 1. The number of anilines is 1. The van der Waals surface area contributed by atoms with Gasteiger partial charge in [0.15, 0.2) is 5.82 Å². The minimum Gasteiger partial charge on any atom is -0.373 e. The first-order valence-corrected chi connectivity index (χ1v) is 6.50. The topological polar surface area (TPSA) is 66.0 Å². The molecule has 100 valence electrons. The second kappa shape index (κ2) is 4.66. The third-order valence-electron chi connectivity index (χ3n) is 3.71. The summed E-state index contributed by atoms with van der Waals surface area (Å²) >= 11 is 0. The van der Waals surface area contributed by atoms with Crippen LogP contribution in [0.25, 0.3) is 0 Å². The molecule has 0 aliphatic carbocycles. The number of hydrogen-bond donors (Lipinski definition) is 1. The fraction of sp³-hybridized carbons (Fsp3) is 0.429. The third-order valence-corrected chi connectivity index (χ3v) is 3.71. The van der Waals surface area contributed by atoms with Crippen LogP contribution in [0.4, 0.5) is 5.95 Å². The van der Waals surface area contributed by atoms with E-state index in [1.165, 1.54) is 11.1 Å². The quantitative estimate of drug-likeness (QED) is 0.897. The zero-order valence-electron chi connectivity index (χ0n) is 11.2. The molecular formula is C14H18N4O. The van der Waals surface area contributed by atoms with E-state index in [2.05, 4.69) is 41.3 Å². The molecule has 0 spiro atoms. The van der Waals surface area contributed by atoms with Crippen LogP contribution in [0.5, 0.6) is 0 Å². The lowest BCUT2D eigenvalue weighted by Gasteiger charge is -2.28. The lowest BCUT2D eigenvalue weighted by atomic mass is 9.96. The Morgan fingerprint density at radius 3 is 2.68 bits per heavy atom. The molecule has 1 aliphatic heterocycles. The lowest BCUT2D eigenvalue weighted by Crippen LogP contribution is -2.24. The normalized spacial score (nSPS) is 22.2. The van der Waals surface area contributed by atoms with Gasteiger partial charge in [-0.05, 0) is 25.3 Å². The number of ether oxygens (including phenoxy) is 1. The molecule has 0 radical (unpaired) electrons. The molecule has 1 aromatic heterocycles. The van der Waals surface area contributed by atoms with E-state index in [-0.39, 0.29) is 12.1 Å². The van der Waals surface area contributed by atoms with Crippen LogP contribution in [-0.4, -0.2) is 21.9 Å². The summed E-state index contributed by atoms with van der Waals surface area (Å²) in [6, 6.07) is 8.74. The number of aryl methyl sites for hydroxylation is 1. The third kappa shape index (κ3) is 2.10. The Labute approximate surface area is 112 Å². The smallest absolute Gasteiger partial charge is 0.239 e. The van der Waals surface area contributed by atoms with Crippen LogP contribution in [-0.2, 0) is 4.74 Å². The van der Waals surface area contributed by atoms with E-state index in [0.29, 0.717) is 5.95 Å². The van der Waals surface area contributed by atoms with Gasteiger partial charge in [0.1, 0.15) is 6.10 Å². The van der Waals surface area contributed by atoms with Crippen LogP contribution in [0.2, 0.25) is 0 Å². The largest absolute Gasteiger partial charge is 0.373 e. The molecular weight excluding hydrogens is 240 g/mol. The number of nitrogens with zero attached hydrogens (tertiary/aromatic N) is 3. The van der Waals surface area contributed by atoms with Gasteiger partial charge in [0.05, 0.1) is 6.04 Å². The highest BCUT2D eigenvalue weighted by Gasteiger charge is 2.30. The summed E-state index contributed by atoms with van der Waals surface area (Å²) in [5.74, 6) is 1.15. The van der Waals surface area contributed by atoms with Gasteiger partial charge in [0.2, 0.25) is 5.95 Å². The average molecular weight is 258 g/mol. The van der Waals surface area contributed by atoms with Crippen LogP contribution >= 0.6 is 0 Å². The van der Waals surface area contributed by atoms with Crippen molar-refractivity contribution < 1.29 is 4.74 Å². The first-order chi connectivity index (χ1) is 9.19. The van der Waals surface area contributed by atoms with E-state index in [9.17, 15) is 0 Å². The number of rotatable bonds is 2. The van der Waals surface area contributed by atoms with Crippen molar-refractivity contribution in [2.24, 2.45) is 0 Å². The molecule has 2 unspecified atom stereocenters. The van der Waals surface area contributed by atoms with Crippen LogP contribution in [0.1, 0.15) is 41.9 Å². The Morgan fingerprint density at radius 2 is 2.00 bits per heavy atom. The van der Waals surface area contributed by atoms with E-state index in [0.717, 1.165) is 18.7 Å². The summed E-state index contributed by atoms with van der Waals surface area (Å²) in [6.07, 6.45) is 1.91. The van der Waals surface area contributed by atoms with Gasteiger partial charge in [-0.2, -0.15) is 4.98 Å². The number of benzene rings is 1. The molecule has 5 heteroatoms. The average Bonchev–Trinajstić information content (AvgIpc) is 2.80. The maximum Gasteiger partial charge on any atom is 0.239 e. The van der Waals surface area contributed by atoms with Crippen molar-refractivity contribution in [2.75, 3.05) is 12.8 Å². The molecule has 1 aliphatic rings. The molecule has 2 N–H and O–H groups in total. The summed E-state index contributed by atoms with van der Waals surface area (Å²) in [6.45, 7) is 2.09. The van der Waals surface area contributed by atoms with Crippen molar-refractivity contribution >= 4 is 5.95 Å². The highest BCUT2D eigenvalue weighted by Crippen LogP contribution is 2.36. The Bertz CT molecular complexity index is 576. The first-order valence-electron chi connectivity index (χ1n) is 6.50. The predicted molar refractivity (Wildman–Crippen MR) is 72.7 cm³/mol. The van der Waals surface area contributed by atoms with Gasteiger partial charge in [-0.1, -0.05) is 29.8 Å². The van der Waals surface area contributed by atoms with Crippen LogP contribution < -0.4 is 5.73 Å². The summed E-state index contributed by atoms with van der Waals surface area (Å²) in [4.78, 5) is 4.30. The van der Waals surface area contributed by atoms with Crippen LogP contribution in [0.3, 0.4) is 0 Å². The minimum absolute atomic E-state index is 0.00787. The Morgan fingerprint density at radius 1 is 1.26 bits per heavy atom. The SMILES string of the molecule is COC1CCC(c2ccc(C)cc2)n2nc(N)nc21. The molecule has 3 rings (SSSR count). The first kappa shape index (κ1) is 12.2. The highest BCUT2D eigenvalue weighted by atomic mass is 16.5. The van der Waals surface area contributed by atoms with Gasteiger partial charge < -0.3 is 10.5 Å². The molecule has 2 atom stereocenters. The zero-order valence-corrected chi connectivity index (χ0v) is 11.2. The second-order valence-corrected chi connectivity index (χ2v) is 5.00. The van der Waals surface area contributed by atoms with E-state index >= 15 is 0 Å². The molecule has 0 amide bonds. The maximum atomic E-state index is 5.74. The molecule has 1 aromatic carbocycles. The fourth-order valence-corrected chi connectivity index (χ4v) is 2.68. The van der Waals surface area contributed by atoms with E-state index < -0.39 is 0 Å². The van der Waals surface area contributed by atoms with Gasteiger partial charge in [0, 0.05) is 7.11 Å². The Kier molecular flexibility index (Phi) is 2.98. The van der Waals surface area contributed by atoms with Gasteiger partial charge in [-0.25, -0.2) is 4.68 Å². The zero-order chi connectivity index (χ0) is 13.4. The molecule has 2 aromatic rings. The molecule has 0 saturated heterocycles. The molecule has 5 nitrogen and oxygen atoms in total. The number of hydrogen-bond acceptors (Lipinski definition) is 4. The van der Waals surface area contributed by atoms with Gasteiger partial charge in [-0.15, -0.1) is 5.10 Å². The number of fused-ring (bicyclic) bond motifs is 1. The van der Waals surface area contributed by atoms with E-state index in [1.54, 1.807) is 7.11 Å². The predicted octanol–water partition coefficient (Wildman–Crippen LogP) is 2.24. The fourth-order valence-electron chi connectivity index (χ4n) is 2.68. The summed E-state index contributed by atoms with van der Waals surface area (Å²) in [7, 11) is 1.70. The van der Waals surface area contributed by atoms with Crippen molar-refractivity contribution in [3.8, 4) is 0 Å². The maximum absolute atomic E-state index is 5.74. The molecule has 0 saturated carbocycles. The van der Waals surface area contributed by atoms with Crippen molar-refractivity contribution in [1.82, 2.24) is 14.8 Å². The van der Waals surface area contributed by atoms with E-state index in [1.807, 2.05) is 4.68 Å². The summed E-state index contributed by atoms with van der Waals surface area (Å²) in [5.41, 5.74) is 8.24. The minimum atomic E-state index is -0.00787. The Hall–Kier alpha value is -1.88. The number of methoxy groups -OCH3 is 1. The van der Waals surface area contributed by atoms with Crippen LogP contribution in [0.15, 0.2) is 24.3 Å². The molecule has 0 fully saturated rings. The molecule has 19 heavy (non-hydrogen) atoms. The van der Waals surface area contributed by atoms with Crippen molar-refractivity contribution in [1.29, 1.82) is 0 Å². The van der Waals surface area contributed by atoms with E-state index in [4.69, 9.17) is 10.5 Å². The summed E-state index contributed by atoms with van der Waals surface area (Å²) in [5, 5.41) is 4.33. The summed E-state index contributed by atoms with van der Waals surface area (Å²) < 4.78 is 7.37. The second-order valence-electron chi connectivity index (χ2n) is 5.00.